The van der Waals surface area contributed by atoms with Crippen LogP contribution in [0.5, 0.6) is 0 Å². The number of hydrogen-bond acceptors (Lipinski definition) is 6. The predicted molar refractivity (Wildman–Crippen MR) is 85.3 cm³/mol. The zero-order valence-electron chi connectivity index (χ0n) is 11.4. The Morgan fingerprint density at radius 1 is 1.57 bits per heavy atom. The largest absolute Gasteiger partial charge is 0.340 e. The summed E-state index contributed by atoms with van der Waals surface area (Å²) in [5, 5.41) is 12.4. The summed E-state index contributed by atoms with van der Waals surface area (Å²) in [6.07, 6.45) is 2.25. The van der Waals surface area contributed by atoms with E-state index in [-0.39, 0.29) is 5.91 Å². The Bertz CT molecular complexity index is 639. The normalized spacial score (nSPS) is 14.4. The van der Waals surface area contributed by atoms with Crippen LogP contribution < -0.4 is 0 Å². The average Bonchev–Trinajstić information content (AvgIpc) is 3.06. The van der Waals surface area contributed by atoms with Gasteiger partial charge >= 0.3 is 0 Å². The lowest BCUT2D eigenvalue weighted by molar-refractivity contribution is -0.127. The molecule has 2 aromatic heterocycles. The summed E-state index contributed by atoms with van der Waals surface area (Å²) in [7, 11) is 1.82. The topological polar surface area (TPSA) is 63.9 Å². The maximum absolute atomic E-state index is 12.2. The summed E-state index contributed by atoms with van der Waals surface area (Å²) in [6.45, 7) is 0.628. The Kier molecular flexibility index (Phi) is 4.60. The molecular formula is C12H14BrN5OS2. The molecule has 1 amide bonds. The molecule has 1 saturated carbocycles. The third kappa shape index (κ3) is 3.83. The number of rotatable bonds is 6. The van der Waals surface area contributed by atoms with E-state index in [1.807, 2.05) is 23.9 Å². The van der Waals surface area contributed by atoms with Gasteiger partial charge in [-0.2, -0.15) is 0 Å². The molecule has 0 saturated heterocycles. The highest BCUT2D eigenvalue weighted by atomic mass is 79.9. The van der Waals surface area contributed by atoms with Gasteiger partial charge in [0.2, 0.25) is 11.1 Å². The molecule has 0 spiro atoms. The van der Waals surface area contributed by atoms with Crippen molar-refractivity contribution >= 4 is 44.9 Å². The summed E-state index contributed by atoms with van der Waals surface area (Å²) >= 11 is 6.48. The van der Waals surface area contributed by atoms with E-state index in [9.17, 15) is 4.79 Å². The summed E-state index contributed by atoms with van der Waals surface area (Å²) in [6, 6.07) is 4.45. The summed E-state index contributed by atoms with van der Waals surface area (Å²) in [4.78, 5) is 15.1. The van der Waals surface area contributed by atoms with Crippen LogP contribution in [0.1, 0.15) is 23.8 Å². The smallest absolute Gasteiger partial charge is 0.233 e. The molecule has 0 unspecified atom stereocenters. The molecule has 2 heterocycles. The van der Waals surface area contributed by atoms with Gasteiger partial charge in [0.15, 0.2) is 0 Å². The highest BCUT2D eigenvalue weighted by Crippen LogP contribution is 2.36. The third-order valence-corrected chi connectivity index (χ3v) is 5.65. The fraction of sp³-hybridized carbons (Fsp3) is 0.500. The van der Waals surface area contributed by atoms with Gasteiger partial charge in [0.1, 0.15) is 0 Å². The standard InChI is InChI=1S/C12H14BrN5OS2/c1-17(6-9-4-5-10(13)21-9)11(19)7-20-12-14-15-16-18(12)8-2-3-8/h4-5,8H,2-3,6-7H2,1H3. The molecule has 0 N–H and O–H groups in total. The molecule has 0 atom stereocenters. The first-order valence-corrected chi connectivity index (χ1v) is 9.12. The van der Waals surface area contributed by atoms with E-state index in [1.165, 1.54) is 11.8 Å². The van der Waals surface area contributed by atoms with Gasteiger partial charge in [-0.25, -0.2) is 4.68 Å². The predicted octanol–water partition coefficient (Wildman–Crippen LogP) is 2.58. The quantitative estimate of drug-likeness (QED) is 0.712. The summed E-state index contributed by atoms with van der Waals surface area (Å²) in [5.74, 6) is 0.436. The minimum absolute atomic E-state index is 0.0786. The lowest BCUT2D eigenvalue weighted by atomic mass is 10.4. The Labute approximate surface area is 139 Å². The van der Waals surface area contributed by atoms with Crippen molar-refractivity contribution in [2.45, 2.75) is 30.6 Å². The Balaban J connectivity index is 1.52. The van der Waals surface area contributed by atoms with E-state index in [0.29, 0.717) is 18.3 Å². The van der Waals surface area contributed by atoms with Gasteiger partial charge in [0.05, 0.1) is 22.1 Å². The van der Waals surface area contributed by atoms with Crippen molar-refractivity contribution in [3.8, 4) is 0 Å². The van der Waals surface area contributed by atoms with Crippen molar-refractivity contribution in [2.75, 3.05) is 12.8 Å². The van der Waals surface area contributed by atoms with Crippen LogP contribution in [0.2, 0.25) is 0 Å². The molecule has 1 aliphatic carbocycles. The summed E-state index contributed by atoms with van der Waals surface area (Å²) < 4.78 is 2.91. The number of aromatic nitrogens is 4. The number of hydrogen-bond donors (Lipinski definition) is 0. The number of carbonyl (C=O) groups is 1. The number of carbonyl (C=O) groups excluding carboxylic acids is 1. The Morgan fingerprint density at radius 2 is 2.38 bits per heavy atom. The lowest BCUT2D eigenvalue weighted by Crippen LogP contribution is -2.27. The number of amides is 1. The first kappa shape index (κ1) is 15.0. The molecule has 0 aliphatic heterocycles. The molecule has 1 fully saturated rings. The first-order chi connectivity index (χ1) is 10.1. The molecule has 112 valence electrons. The molecule has 9 heteroatoms. The fourth-order valence-electron chi connectivity index (χ4n) is 1.82. The zero-order valence-corrected chi connectivity index (χ0v) is 14.6. The van der Waals surface area contributed by atoms with E-state index in [1.54, 1.807) is 16.2 Å². The molecule has 0 aromatic carbocycles. The van der Waals surface area contributed by atoms with Crippen LogP contribution in [0, 0.1) is 0 Å². The van der Waals surface area contributed by atoms with Crippen molar-refractivity contribution in [2.24, 2.45) is 0 Å². The van der Waals surface area contributed by atoms with Crippen LogP contribution in [0.15, 0.2) is 21.1 Å². The number of nitrogens with zero attached hydrogens (tertiary/aromatic N) is 5. The van der Waals surface area contributed by atoms with Crippen LogP contribution >= 0.6 is 39.0 Å². The van der Waals surface area contributed by atoms with Crippen LogP contribution in [0.3, 0.4) is 0 Å². The number of halogens is 1. The zero-order chi connectivity index (χ0) is 14.8. The van der Waals surface area contributed by atoms with Crippen molar-refractivity contribution in [3.05, 3.63) is 20.8 Å². The van der Waals surface area contributed by atoms with Crippen molar-refractivity contribution < 1.29 is 4.79 Å². The van der Waals surface area contributed by atoms with Gasteiger partial charge in [-0.05, 0) is 51.3 Å². The average molecular weight is 388 g/mol. The lowest BCUT2D eigenvalue weighted by Gasteiger charge is -2.15. The number of thiophene rings is 1. The Morgan fingerprint density at radius 3 is 3.05 bits per heavy atom. The van der Waals surface area contributed by atoms with Crippen LogP contribution in [-0.4, -0.2) is 43.8 Å². The number of thioether (sulfide) groups is 1. The van der Waals surface area contributed by atoms with Crippen LogP contribution in [-0.2, 0) is 11.3 Å². The van der Waals surface area contributed by atoms with E-state index in [0.717, 1.165) is 26.7 Å². The first-order valence-electron chi connectivity index (χ1n) is 6.52. The third-order valence-electron chi connectivity index (χ3n) is 3.13. The molecule has 2 aromatic rings. The van der Waals surface area contributed by atoms with E-state index in [4.69, 9.17) is 0 Å². The molecule has 21 heavy (non-hydrogen) atoms. The highest BCUT2D eigenvalue weighted by Gasteiger charge is 2.28. The van der Waals surface area contributed by atoms with Gasteiger partial charge in [-0.1, -0.05) is 11.8 Å². The van der Waals surface area contributed by atoms with Crippen molar-refractivity contribution in [1.82, 2.24) is 25.1 Å². The minimum atomic E-state index is 0.0786. The molecular weight excluding hydrogens is 374 g/mol. The second-order valence-electron chi connectivity index (χ2n) is 4.88. The van der Waals surface area contributed by atoms with Crippen molar-refractivity contribution in [1.29, 1.82) is 0 Å². The fourth-order valence-corrected chi connectivity index (χ4v) is 4.25. The monoisotopic (exact) mass is 387 g/mol. The molecule has 1 aliphatic rings. The van der Waals surface area contributed by atoms with E-state index < -0.39 is 0 Å². The van der Waals surface area contributed by atoms with E-state index >= 15 is 0 Å². The maximum atomic E-state index is 12.2. The van der Waals surface area contributed by atoms with Gasteiger partial charge in [-0.15, -0.1) is 16.4 Å². The van der Waals surface area contributed by atoms with Gasteiger partial charge in [-0.3, -0.25) is 4.79 Å². The second-order valence-corrected chi connectivity index (χ2v) is 8.37. The highest BCUT2D eigenvalue weighted by molar-refractivity contribution is 9.11. The Hall–Kier alpha value is -0.930. The van der Waals surface area contributed by atoms with Gasteiger partial charge in [0.25, 0.3) is 0 Å². The molecule has 0 bridgehead atoms. The molecule has 6 nitrogen and oxygen atoms in total. The molecule has 0 radical (unpaired) electrons. The van der Waals surface area contributed by atoms with Gasteiger partial charge in [0, 0.05) is 11.9 Å². The summed E-state index contributed by atoms with van der Waals surface area (Å²) in [5.41, 5.74) is 0. The SMILES string of the molecule is CN(Cc1ccc(Br)s1)C(=O)CSc1nnnn1C1CC1. The maximum Gasteiger partial charge on any atom is 0.233 e. The van der Waals surface area contributed by atoms with Crippen LogP contribution in [0.25, 0.3) is 0 Å². The van der Waals surface area contributed by atoms with Crippen LogP contribution in [0.4, 0.5) is 0 Å². The second kappa shape index (κ2) is 6.45. The minimum Gasteiger partial charge on any atom is -0.340 e. The van der Waals surface area contributed by atoms with Gasteiger partial charge < -0.3 is 4.90 Å². The van der Waals surface area contributed by atoms with E-state index in [2.05, 4.69) is 31.5 Å². The number of tetrazole rings is 1. The van der Waals surface area contributed by atoms with Crippen molar-refractivity contribution in [3.63, 3.8) is 0 Å². The molecule has 3 rings (SSSR count).